The van der Waals surface area contributed by atoms with Crippen LogP contribution in [0, 0.1) is 0 Å². The van der Waals surface area contributed by atoms with Gasteiger partial charge in [0, 0.05) is 5.56 Å². The summed E-state index contributed by atoms with van der Waals surface area (Å²) in [5.41, 5.74) is 3.48. The number of nitrogens with one attached hydrogen (secondary N) is 1. The van der Waals surface area contributed by atoms with E-state index in [2.05, 4.69) is 21.6 Å². The number of amides is 1. The van der Waals surface area contributed by atoms with Gasteiger partial charge in [0.15, 0.2) is 6.10 Å². The van der Waals surface area contributed by atoms with Crippen LogP contribution < -0.4 is 14.8 Å². The molecule has 0 saturated carbocycles. The van der Waals surface area contributed by atoms with Crippen LogP contribution in [0.2, 0.25) is 0 Å². The summed E-state index contributed by atoms with van der Waals surface area (Å²) in [7, 11) is 1.63. The smallest absolute Gasteiger partial charge is 0.266 e. The van der Waals surface area contributed by atoms with Gasteiger partial charge in [-0.05, 0) is 74.1 Å². The number of benzene rings is 2. The summed E-state index contributed by atoms with van der Waals surface area (Å²) in [6.45, 7) is 1.75. The number of hydrogen-bond donors (Lipinski definition) is 1. The summed E-state index contributed by atoms with van der Waals surface area (Å²) >= 11 is 1.32. The van der Waals surface area contributed by atoms with E-state index in [4.69, 9.17) is 9.47 Å². The van der Waals surface area contributed by atoms with Gasteiger partial charge in [-0.25, -0.2) is 0 Å². The van der Waals surface area contributed by atoms with Gasteiger partial charge in [0.05, 0.1) is 7.11 Å². The molecule has 1 aliphatic carbocycles. The third-order valence-electron chi connectivity index (χ3n) is 5.02. The topological polar surface area (TPSA) is 73.3 Å². The Morgan fingerprint density at radius 1 is 1.10 bits per heavy atom. The zero-order chi connectivity index (χ0) is 20.2. The fourth-order valence-corrected chi connectivity index (χ4v) is 4.18. The van der Waals surface area contributed by atoms with Gasteiger partial charge in [0.25, 0.3) is 5.91 Å². The second kappa shape index (κ2) is 8.61. The minimum Gasteiger partial charge on any atom is -0.497 e. The highest BCUT2D eigenvalue weighted by atomic mass is 32.1. The summed E-state index contributed by atoms with van der Waals surface area (Å²) in [4.78, 5) is 12.6. The van der Waals surface area contributed by atoms with Crippen molar-refractivity contribution in [2.75, 3.05) is 12.4 Å². The molecule has 1 heterocycles. The maximum absolute atomic E-state index is 12.6. The molecule has 0 bridgehead atoms. The van der Waals surface area contributed by atoms with Gasteiger partial charge in [-0.15, -0.1) is 10.2 Å². The molecule has 29 heavy (non-hydrogen) atoms. The molecule has 0 saturated heterocycles. The van der Waals surface area contributed by atoms with E-state index in [0.717, 1.165) is 41.3 Å². The zero-order valence-electron chi connectivity index (χ0n) is 16.5. The molecular formula is C22H23N3O3S. The minimum absolute atomic E-state index is 0.240. The molecule has 1 N–H and O–H groups in total. The number of anilines is 1. The maximum Gasteiger partial charge on any atom is 0.266 e. The van der Waals surface area contributed by atoms with E-state index in [1.165, 1.54) is 28.9 Å². The van der Waals surface area contributed by atoms with Crippen molar-refractivity contribution in [3.8, 4) is 22.1 Å². The lowest BCUT2D eigenvalue weighted by Crippen LogP contribution is -2.30. The zero-order valence-corrected chi connectivity index (χ0v) is 17.3. The molecule has 1 aliphatic rings. The molecule has 0 radical (unpaired) electrons. The summed E-state index contributed by atoms with van der Waals surface area (Å²) in [5, 5.41) is 12.2. The van der Waals surface area contributed by atoms with Crippen molar-refractivity contribution < 1.29 is 14.3 Å². The SMILES string of the molecule is COc1ccc(-c2nnc(NC(=O)C(C)Oc3cccc4c3CCCC4)s2)cc1. The third kappa shape index (κ3) is 4.40. The molecule has 2 aromatic carbocycles. The van der Waals surface area contributed by atoms with Crippen LogP contribution in [0.1, 0.15) is 30.9 Å². The summed E-state index contributed by atoms with van der Waals surface area (Å²) < 4.78 is 11.2. The normalized spacial score (nSPS) is 14.0. The van der Waals surface area contributed by atoms with Crippen molar-refractivity contribution in [3.05, 3.63) is 53.6 Å². The van der Waals surface area contributed by atoms with E-state index in [1.807, 2.05) is 36.4 Å². The Kier molecular flexibility index (Phi) is 5.76. The van der Waals surface area contributed by atoms with E-state index >= 15 is 0 Å². The Hall–Kier alpha value is -2.93. The highest BCUT2D eigenvalue weighted by Gasteiger charge is 2.20. The first-order chi connectivity index (χ1) is 14.1. The van der Waals surface area contributed by atoms with Crippen molar-refractivity contribution in [3.63, 3.8) is 0 Å². The first-order valence-electron chi connectivity index (χ1n) is 9.70. The van der Waals surface area contributed by atoms with Crippen LogP contribution in [0.4, 0.5) is 5.13 Å². The molecule has 3 aromatic rings. The van der Waals surface area contributed by atoms with Crippen LogP contribution in [-0.2, 0) is 17.6 Å². The molecule has 6 nitrogen and oxygen atoms in total. The number of methoxy groups -OCH3 is 1. The predicted molar refractivity (Wildman–Crippen MR) is 114 cm³/mol. The Bertz CT molecular complexity index is 1000. The van der Waals surface area contributed by atoms with E-state index in [0.29, 0.717) is 5.13 Å². The van der Waals surface area contributed by atoms with Gasteiger partial charge in [-0.3, -0.25) is 10.1 Å². The first kappa shape index (κ1) is 19.4. The number of nitrogens with zero attached hydrogens (tertiary/aromatic N) is 2. The fourth-order valence-electron chi connectivity index (χ4n) is 3.43. The van der Waals surface area contributed by atoms with Gasteiger partial charge >= 0.3 is 0 Å². The molecule has 0 fully saturated rings. The van der Waals surface area contributed by atoms with Crippen molar-refractivity contribution >= 4 is 22.4 Å². The lowest BCUT2D eigenvalue weighted by molar-refractivity contribution is -0.122. The molecule has 1 unspecified atom stereocenters. The molecule has 1 aromatic heterocycles. The Balaban J connectivity index is 1.41. The molecule has 150 valence electrons. The largest absolute Gasteiger partial charge is 0.497 e. The van der Waals surface area contributed by atoms with E-state index in [-0.39, 0.29) is 5.91 Å². The summed E-state index contributed by atoms with van der Waals surface area (Å²) in [6.07, 6.45) is 3.82. The number of hydrogen-bond acceptors (Lipinski definition) is 6. The van der Waals surface area contributed by atoms with Gasteiger partial charge < -0.3 is 9.47 Å². The second-order valence-corrected chi connectivity index (χ2v) is 7.97. The van der Waals surface area contributed by atoms with Crippen molar-refractivity contribution in [1.29, 1.82) is 0 Å². The van der Waals surface area contributed by atoms with Gasteiger partial charge in [0.2, 0.25) is 5.13 Å². The maximum atomic E-state index is 12.6. The minimum atomic E-state index is -0.628. The Labute approximate surface area is 173 Å². The first-order valence-corrected chi connectivity index (χ1v) is 10.5. The molecule has 1 atom stereocenters. The summed E-state index contributed by atoms with van der Waals surface area (Å²) in [5.74, 6) is 1.35. The molecule has 1 amide bonds. The predicted octanol–water partition coefficient (Wildman–Crippen LogP) is 4.50. The highest BCUT2D eigenvalue weighted by molar-refractivity contribution is 7.18. The molecule has 4 rings (SSSR count). The number of carbonyl (C=O) groups excluding carboxylic acids is 1. The number of carbonyl (C=O) groups is 1. The lowest BCUT2D eigenvalue weighted by atomic mass is 9.91. The van der Waals surface area contributed by atoms with Crippen molar-refractivity contribution in [2.24, 2.45) is 0 Å². The number of aryl methyl sites for hydroxylation is 1. The standard InChI is InChI=1S/C22H23N3O3S/c1-14(28-19-9-5-7-15-6-3-4-8-18(15)19)20(26)23-22-25-24-21(29-22)16-10-12-17(27-2)13-11-16/h5,7,9-14H,3-4,6,8H2,1-2H3,(H,23,25,26). The molecular weight excluding hydrogens is 386 g/mol. The Morgan fingerprint density at radius 3 is 2.69 bits per heavy atom. The highest BCUT2D eigenvalue weighted by Crippen LogP contribution is 2.31. The quantitative estimate of drug-likeness (QED) is 0.649. The van der Waals surface area contributed by atoms with Crippen LogP contribution in [0.3, 0.4) is 0 Å². The average molecular weight is 410 g/mol. The van der Waals surface area contributed by atoms with Crippen LogP contribution in [0.25, 0.3) is 10.6 Å². The molecule has 0 aliphatic heterocycles. The average Bonchev–Trinajstić information content (AvgIpc) is 3.22. The van der Waals surface area contributed by atoms with Crippen LogP contribution in [0.5, 0.6) is 11.5 Å². The number of fused-ring (bicyclic) bond motifs is 1. The molecule has 7 heteroatoms. The van der Waals surface area contributed by atoms with E-state index in [9.17, 15) is 4.79 Å². The van der Waals surface area contributed by atoms with Gasteiger partial charge in [0.1, 0.15) is 16.5 Å². The fraction of sp³-hybridized carbons (Fsp3) is 0.318. The Morgan fingerprint density at radius 2 is 1.90 bits per heavy atom. The van der Waals surface area contributed by atoms with Crippen LogP contribution >= 0.6 is 11.3 Å². The van der Waals surface area contributed by atoms with E-state index in [1.54, 1.807) is 14.0 Å². The number of ether oxygens (including phenoxy) is 2. The van der Waals surface area contributed by atoms with E-state index < -0.39 is 6.10 Å². The number of aromatic nitrogens is 2. The van der Waals surface area contributed by atoms with Gasteiger partial charge in [-0.2, -0.15) is 0 Å². The van der Waals surface area contributed by atoms with Crippen LogP contribution in [0.15, 0.2) is 42.5 Å². The monoisotopic (exact) mass is 409 g/mol. The molecule has 0 spiro atoms. The van der Waals surface area contributed by atoms with Gasteiger partial charge in [-0.1, -0.05) is 23.5 Å². The number of rotatable bonds is 6. The van der Waals surface area contributed by atoms with Crippen LogP contribution in [-0.4, -0.2) is 29.3 Å². The summed E-state index contributed by atoms with van der Waals surface area (Å²) in [6, 6.07) is 13.6. The van der Waals surface area contributed by atoms with Crippen molar-refractivity contribution in [1.82, 2.24) is 10.2 Å². The lowest BCUT2D eigenvalue weighted by Gasteiger charge is -2.21. The second-order valence-electron chi connectivity index (χ2n) is 6.99. The van der Waals surface area contributed by atoms with Crippen molar-refractivity contribution in [2.45, 2.75) is 38.7 Å². The third-order valence-corrected chi connectivity index (χ3v) is 5.91.